The van der Waals surface area contributed by atoms with Crippen LogP contribution in [0.3, 0.4) is 0 Å². The van der Waals surface area contributed by atoms with Gasteiger partial charge >= 0.3 is 0 Å². The summed E-state index contributed by atoms with van der Waals surface area (Å²) >= 11 is 0. The molecule has 0 radical (unpaired) electrons. The summed E-state index contributed by atoms with van der Waals surface area (Å²) in [5.74, 6) is 1.56. The van der Waals surface area contributed by atoms with Gasteiger partial charge in [0.2, 0.25) is 0 Å². The first kappa shape index (κ1) is 27.0. The number of aromatic nitrogens is 6. The fraction of sp³-hybridized carbons (Fsp3) is 0.379. The third kappa shape index (κ3) is 6.70. The first-order valence-corrected chi connectivity index (χ1v) is 17.1. The first-order valence-electron chi connectivity index (χ1n) is 13.4. The SMILES string of the molecule is CN(C)CCCOc1ccc(-c2ccc3ncc4nnc(-c5cn(COCC[Si](C)(C)C)cn5)n4c3c2)cc1. The van der Waals surface area contributed by atoms with Gasteiger partial charge in [-0.25, -0.2) is 4.98 Å². The van der Waals surface area contributed by atoms with Crippen LogP contribution in [0.2, 0.25) is 25.7 Å². The summed E-state index contributed by atoms with van der Waals surface area (Å²) < 4.78 is 15.8. The Labute approximate surface area is 230 Å². The zero-order valence-electron chi connectivity index (χ0n) is 23.5. The van der Waals surface area contributed by atoms with Crippen molar-refractivity contribution in [1.82, 2.24) is 34.0 Å². The van der Waals surface area contributed by atoms with Crippen LogP contribution in [-0.2, 0) is 11.5 Å². The monoisotopic (exact) mass is 543 g/mol. The molecular weight excluding hydrogens is 506 g/mol. The maximum absolute atomic E-state index is 5.90. The summed E-state index contributed by atoms with van der Waals surface area (Å²) in [7, 11) is 3.03. The molecule has 0 unspecified atom stereocenters. The van der Waals surface area contributed by atoms with Gasteiger partial charge in [-0.1, -0.05) is 37.8 Å². The zero-order chi connectivity index (χ0) is 27.4. The second kappa shape index (κ2) is 11.6. The van der Waals surface area contributed by atoms with Crippen molar-refractivity contribution in [2.24, 2.45) is 0 Å². The van der Waals surface area contributed by atoms with E-state index in [0.717, 1.165) is 59.2 Å². The molecule has 3 aromatic heterocycles. The summed E-state index contributed by atoms with van der Waals surface area (Å²) in [4.78, 5) is 11.4. The van der Waals surface area contributed by atoms with Crippen molar-refractivity contribution in [2.75, 3.05) is 33.9 Å². The van der Waals surface area contributed by atoms with E-state index in [-0.39, 0.29) is 0 Å². The predicted octanol–water partition coefficient (Wildman–Crippen LogP) is 5.45. The summed E-state index contributed by atoms with van der Waals surface area (Å²) in [6.07, 6.45) is 6.48. The van der Waals surface area contributed by atoms with E-state index in [1.807, 2.05) is 33.4 Å². The van der Waals surface area contributed by atoms with Gasteiger partial charge in [0.25, 0.3) is 0 Å². The van der Waals surface area contributed by atoms with E-state index in [1.54, 1.807) is 12.5 Å². The van der Waals surface area contributed by atoms with Crippen LogP contribution in [0, 0.1) is 0 Å². The molecule has 0 N–H and O–H groups in total. The predicted molar refractivity (Wildman–Crippen MR) is 158 cm³/mol. The summed E-state index contributed by atoms with van der Waals surface area (Å²) in [5.41, 5.74) is 5.39. The maximum atomic E-state index is 5.90. The molecule has 0 saturated carbocycles. The number of ether oxygens (including phenoxy) is 2. The molecule has 5 aromatic rings. The fourth-order valence-electron chi connectivity index (χ4n) is 4.31. The molecule has 2 aromatic carbocycles. The zero-order valence-corrected chi connectivity index (χ0v) is 24.5. The smallest absolute Gasteiger partial charge is 0.189 e. The highest BCUT2D eigenvalue weighted by molar-refractivity contribution is 6.76. The van der Waals surface area contributed by atoms with E-state index in [0.29, 0.717) is 24.8 Å². The van der Waals surface area contributed by atoms with Crippen molar-refractivity contribution in [1.29, 1.82) is 0 Å². The average Bonchev–Trinajstić information content (AvgIpc) is 3.56. The minimum Gasteiger partial charge on any atom is -0.494 e. The third-order valence-electron chi connectivity index (χ3n) is 6.53. The number of benzene rings is 2. The fourth-order valence-corrected chi connectivity index (χ4v) is 5.07. The van der Waals surface area contributed by atoms with Crippen LogP contribution in [-0.4, -0.2) is 76.0 Å². The maximum Gasteiger partial charge on any atom is 0.189 e. The molecule has 39 heavy (non-hydrogen) atoms. The third-order valence-corrected chi connectivity index (χ3v) is 8.23. The highest BCUT2D eigenvalue weighted by Gasteiger charge is 2.16. The van der Waals surface area contributed by atoms with E-state index >= 15 is 0 Å². The van der Waals surface area contributed by atoms with Crippen LogP contribution in [0.4, 0.5) is 0 Å². The highest BCUT2D eigenvalue weighted by Crippen LogP contribution is 2.28. The van der Waals surface area contributed by atoms with Gasteiger partial charge in [-0.2, -0.15) is 0 Å². The number of rotatable bonds is 12. The minimum absolute atomic E-state index is 0.468. The van der Waals surface area contributed by atoms with Crippen molar-refractivity contribution in [3.63, 3.8) is 0 Å². The molecule has 0 atom stereocenters. The van der Waals surface area contributed by atoms with Gasteiger partial charge in [-0.3, -0.25) is 9.38 Å². The van der Waals surface area contributed by atoms with Crippen molar-refractivity contribution in [3.8, 4) is 28.4 Å². The van der Waals surface area contributed by atoms with E-state index < -0.39 is 8.07 Å². The number of fused-ring (bicyclic) bond motifs is 3. The second-order valence-corrected chi connectivity index (χ2v) is 17.0. The van der Waals surface area contributed by atoms with Crippen LogP contribution < -0.4 is 4.74 Å². The quantitative estimate of drug-likeness (QED) is 0.153. The average molecular weight is 544 g/mol. The number of imidazole rings is 1. The van der Waals surface area contributed by atoms with Gasteiger partial charge in [-0.05, 0) is 62.0 Å². The molecular formula is C29H37N7O2Si. The molecule has 0 bridgehead atoms. The Bertz CT molecular complexity index is 1540. The topological polar surface area (TPSA) is 82.6 Å². The molecule has 204 valence electrons. The number of hydrogen-bond donors (Lipinski definition) is 0. The Kier molecular flexibility index (Phi) is 8.06. The van der Waals surface area contributed by atoms with E-state index in [2.05, 4.69) is 83.1 Å². The van der Waals surface area contributed by atoms with Gasteiger partial charge in [-0.15, -0.1) is 10.2 Å². The lowest BCUT2D eigenvalue weighted by molar-refractivity contribution is 0.0871. The van der Waals surface area contributed by atoms with E-state index in [1.165, 1.54) is 0 Å². The van der Waals surface area contributed by atoms with Gasteiger partial charge < -0.3 is 18.9 Å². The molecule has 0 aliphatic rings. The molecule has 3 heterocycles. The molecule has 0 fully saturated rings. The Hall–Kier alpha value is -3.60. The Balaban J connectivity index is 1.37. The summed E-state index contributed by atoms with van der Waals surface area (Å²) in [5, 5.41) is 8.83. The van der Waals surface area contributed by atoms with Crippen LogP contribution in [0.15, 0.2) is 61.2 Å². The lowest BCUT2D eigenvalue weighted by Crippen LogP contribution is -2.21. The number of nitrogens with zero attached hydrogens (tertiary/aromatic N) is 7. The molecule has 5 rings (SSSR count). The second-order valence-electron chi connectivity index (χ2n) is 11.3. The standard InChI is InChI=1S/C29H37N7O2Si/c1-34(2)13-6-14-38-24-10-7-22(8-11-24)23-9-12-25-27(17-23)36-28(18-30-25)32-33-29(36)26-19-35(20-31-26)21-37-15-16-39(3,4)5/h7-12,17-20H,6,13-16,21H2,1-5H3. The Morgan fingerprint density at radius 2 is 1.72 bits per heavy atom. The number of hydrogen-bond acceptors (Lipinski definition) is 7. The van der Waals surface area contributed by atoms with E-state index in [9.17, 15) is 0 Å². The normalized spacial score (nSPS) is 12.2. The lowest BCUT2D eigenvalue weighted by Gasteiger charge is -2.15. The van der Waals surface area contributed by atoms with Crippen molar-refractivity contribution < 1.29 is 9.47 Å². The van der Waals surface area contributed by atoms with Crippen LogP contribution in [0.25, 0.3) is 39.3 Å². The molecule has 9 nitrogen and oxygen atoms in total. The summed E-state index contributed by atoms with van der Waals surface area (Å²) in [6, 6.07) is 15.6. The van der Waals surface area contributed by atoms with Crippen molar-refractivity contribution in [2.45, 2.75) is 38.8 Å². The Morgan fingerprint density at radius 3 is 2.49 bits per heavy atom. The molecule has 0 spiro atoms. The molecule has 0 aliphatic carbocycles. The highest BCUT2D eigenvalue weighted by atomic mass is 28.3. The van der Waals surface area contributed by atoms with Crippen LogP contribution >= 0.6 is 0 Å². The molecule has 0 saturated heterocycles. The molecule has 0 aliphatic heterocycles. The minimum atomic E-state index is -1.12. The first-order chi connectivity index (χ1) is 18.8. The van der Waals surface area contributed by atoms with E-state index in [4.69, 9.17) is 9.47 Å². The van der Waals surface area contributed by atoms with Gasteiger partial charge in [0.15, 0.2) is 11.5 Å². The lowest BCUT2D eigenvalue weighted by atomic mass is 10.0. The van der Waals surface area contributed by atoms with Crippen LogP contribution in [0.1, 0.15) is 6.42 Å². The molecule has 0 amide bonds. The van der Waals surface area contributed by atoms with Crippen molar-refractivity contribution in [3.05, 3.63) is 61.2 Å². The van der Waals surface area contributed by atoms with Crippen LogP contribution in [0.5, 0.6) is 5.75 Å². The summed E-state index contributed by atoms with van der Waals surface area (Å²) in [6.45, 7) is 10.00. The molecule has 10 heteroatoms. The van der Waals surface area contributed by atoms with Gasteiger partial charge in [0.05, 0.1) is 30.2 Å². The van der Waals surface area contributed by atoms with Gasteiger partial charge in [0, 0.05) is 27.4 Å². The van der Waals surface area contributed by atoms with Gasteiger partial charge in [0.1, 0.15) is 18.2 Å². The Morgan fingerprint density at radius 1 is 0.923 bits per heavy atom. The largest absolute Gasteiger partial charge is 0.494 e. The van der Waals surface area contributed by atoms with Crippen molar-refractivity contribution >= 4 is 24.8 Å².